The van der Waals surface area contributed by atoms with Crippen molar-refractivity contribution in [3.8, 4) is 11.5 Å². The highest BCUT2D eigenvalue weighted by Crippen LogP contribution is 2.32. The molecule has 0 aliphatic heterocycles. The van der Waals surface area contributed by atoms with E-state index in [2.05, 4.69) is 4.98 Å². The molecule has 0 fully saturated rings. The minimum absolute atomic E-state index is 0.207. The van der Waals surface area contributed by atoms with E-state index in [4.69, 9.17) is 4.42 Å². The molecule has 0 spiro atoms. The maximum atomic E-state index is 13.2. The second kappa shape index (κ2) is 8.03. The molecule has 0 aliphatic rings. The molecule has 0 saturated heterocycles. The van der Waals surface area contributed by atoms with Crippen LogP contribution in [0.1, 0.15) is 19.8 Å². The van der Waals surface area contributed by atoms with Crippen LogP contribution >= 0.6 is 0 Å². The van der Waals surface area contributed by atoms with Crippen LogP contribution in [0, 0.1) is 11.6 Å². The largest absolute Gasteiger partial charge is 0.423 e. The van der Waals surface area contributed by atoms with Gasteiger partial charge in [0.05, 0.1) is 10.6 Å². The van der Waals surface area contributed by atoms with E-state index in [9.17, 15) is 25.6 Å². The number of hydrogen-bond donors (Lipinski definition) is 0. The molecule has 1 aromatic heterocycles. The van der Waals surface area contributed by atoms with Gasteiger partial charge in [0.15, 0.2) is 0 Å². The lowest BCUT2D eigenvalue weighted by molar-refractivity contribution is 0.444. The number of hydrogen-bond acceptors (Lipinski definition) is 6. The fourth-order valence-corrected chi connectivity index (χ4v) is 5.79. The number of sulfone groups is 2. The zero-order valence-electron chi connectivity index (χ0n) is 15.3. The molecule has 0 aliphatic carbocycles. The number of aromatic nitrogens is 1. The molecule has 0 unspecified atom stereocenters. The first-order valence-corrected chi connectivity index (χ1v) is 11.8. The first kappa shape index (κ1) is 21.1. The van der Waals surface area contributed by atoms with Crippen molar-refractivity contribution >= 4 is 19.7 Å². The van der Waals surface area contributed by atoms with E-state index >= 15 is 0 Å². The van der Waals surface area contributed by atoms with Gasteiger partial charge in [0.25, 0.3) is 5.09 Å². The average molecular weight is 441 g/mol. The van der Waals surface area contributed by atoms with Crippen LogP contribution in [0.4, 0.5) is 8.78 Å². The van der Waals surface area contributed by atoms with E-state index < -0.39 is 41.4 Å². The van der Waals surface area contributed by atoms with Crippen molar-refractivity contribution in [2.45, 2.75) is 34.8 Å². The molecule has 6 nitrogen and oxygen atoms in total. The van der Waals surface area contributed by atoms with Crippen LogP contribution in [0.25, 0.3) is 11.5 Å². The van der Waals surface area contributed by atoms with Crippen molar-refractivity contribution in [3.63, 3.8) is 0 Å². The highest BCUT2D eigenvalue weighted by molar-refractivity contribution is 7.94. The highest BCUT2D eigenvalue weighted by atomic mass is 32.2. The third kappa shape index (κ3) is 4.38. The molecule has 0 atom stereocenters. The van der Waals surface area contributed by atoms with Crippen LogP contribution in [0.3, 0.4) is 0 Å². The average Bonchev–Trinajstić information content (AvgIpc) is 3.15. The molecule has 0 amide bonds. The first-order valence-electron chi connectivity index (χ1n) is 8.65. The predicted molar refractivity (Wildman–Crippen MR) is 101 cm³/mol. The molecule has 10 heteroatoms. The Kier molecular flexibility index (Phi) is 5.85. The Morgan fingerprint density at radius 1 is 0.897 bits per heavy atom. The Balaban J connectivity index is 2.21. The lowest BCUT2D eigenvalue weighted by Crippen LogP contribution is -2.12. The van der Waals surface area contributed by atoms with Crippen molar-refractivity contribution in [2.24, 2.45) is 0 Å². The number of halogens is 2. The lowest BCUT2D eigenvalue weighted by atomic mass is 10.2. The second-order valence-electron chi connectivity index (χ2n) is 6.25. The van der Waals surface area contributed by atoms with Crippen LogP contribution in [0.2, 0.25) is 0 Å². The van der Waals surface area contributed by atoms with Crippen molar-refractivity contribution in [3.05, 3.63) is 60.2 Å². The fraction of sp³-hybridized carbons (Fsp3) is 0.211. The van der Waals surface area contributed by atoms with Gasteiger partial charge in [-0.05, 0) is 55.0 Å². The van der Waals surface area contributed by atoms with Gasteiger partial charge in [0.2, 0.25) is 30.6 Å². The summed E-state index contributed by atoms with van der Waals surface area (Å²) >= 11 is 0. The molecule has 2 aromatic carbocycles. The maximum absolute atomic E-state index is 13.2. The van der Waals surface area contributed by atoms with Gasteiger partial charge >= 0.3 is 0 Å². The molecular weight excluding hydrogens is 424 g/mol. The van der Waals surface area contributed by atoms with E-state index in [0.717, 1.165) is 36.4 Å². The van der Waals surface area contributed by atoms with Gasteiger partial charge in [0.1, 0.15) is 11.6 Å². The Morgan fingerprint density at radius 3 is 2.00 bits per heavy atom. The van der Waals surface area contributed by atoms with Gasteiger partial charge in [-0.25, -0.2) is 25.6 Å². The van der Waals surface area contributed by atoms with Crippen LogP contribution < -0.4 is 0 Å². The molecule has 154 valence electrons. The summed E-state index contributed by atoms with van der Waals surface area (Å²) in [7, 11) is -8.52. The fourth-order valence-electron chi connectivity index (χ4n) is 2.53. The number of benzene rings is 2. The lowest BCUT2D eigenvalue weighted by Gasteiger charge is -2.04. The zero-order chi connectivity index (χ0) is 21.2. The van der Waals surface area contributed by atoms with Gasteiger partial charge < -0.3 is 4.42 Å². The first-order chi connectivity index (χ1) is 13.6. The molecule has 3 rings (SSSR count). The summed E-state index contributed by atoms with van der Waals surface area (Å²) in [6.45, 7) is 1.79. The topological polar surface area (TPSA) is 94.3 Å². The summed E-state index contributed by atoms with van der Waals surface area (Å²) in [4.78, 5) is 3.58. The third-order valence-electron chi connectivity index (χ3n) is 4.09. The quantitative estimate of drug-likeness (QED) is 0.514. The van der Waals surface area contributed by atoms with Gasteiger partial charge in [-0.15, -0.1) is 0 Å². The number of rotatable bonds is 7. The van der Waals surface area contributed by atoms with Gasteiger partial charge in [-0.1, -0.05) is 13.3 Å². The SMILES string of the molecule is CCCCS(=O)(=O)c1oc(-c2ccc(F)cc2)nc1S(=O)(=O)c1ccc(F)cc1. The maximum Gasteiger partial charge on any atom is 0.258 e. The summed E-state index contributed by atoms with van der Waals surface area (Å²) in [6, 6.07) is 8.71. The molecule has 1 heterocycles. The van der Waals surface area contributed by atoms with Crippen molar-refractivity contribution in [1.29, 1.82) is 0 Å². The highest BCUT2D eigenvalue weighted by Gasteiger charge is 2.35. The number of nitrogens with zero attached hydrogens (tertiary/aromatic N) is 1. The molecule has 0 radical (unpaired) electrons. The summed E-state index contributed by atoms with van der Waals surface area (Å²) in [5.41, 5.74) is 0.207. The Bertz CT molecular complexity index is 1220. The summed E-state index contributed by atoms with van der Waals surface area (Å²) in [6.07, 6.45) is 0.864. The Hall–Kier alpha value is -2.59. The number of oxazole rings is 1. The third-order valence-corrected chi connectivity index (χ3v) is 7.56. The minimum Gasteiger partial charge on any atom is -0.423 e. The zero-order valence-corrected chi connectivity index (χ0v) is 16.9. The molecule has 0 bridgehead atoms. The van der Waals surface area contributed by atoms with Crippen LogP contribution in [0.15, 0.2) is 68.0 Å². The number of unbranched alkanes of at least 4 members (excludes halogenated alkanes) is 1. The van der Waals surface area contributed by atoms with Crippen molar-refractivity contribution < 1.29 is 30.0 Å². The standard InChI is InChI=1S/C19H17F2NO5S2/c1-2-3-12-28(23,24)19-18(29(25,26)16-10-8-15(21)9-11-16)22-17(27-19)13-4-6-14(20)7-5-13/h4-11H,2-3,12H2,1H3. The molecule has 0 N–H and O–H groups in total. The Morgan fingerprint density at radius 2 is 1.45 bits per heavy atom. The molecule has 0 saturated carbocycles. The van der Waals surface area contributed by atoms with E-state index in [-0.39, 0.29) is 22.1 Å². The van der Waals surface area contributed by atoms with Gasteiger partial charge in [-0.3, -0.25) is 0 Å². The van der Waals surface area contributed by atoms with Crippen LogP contribution in [-0.4, -0.2) is 27.6 Å². The van der Waals surface area contributed by atoms with E-state index in [1.165, 1.54) is 12.1 Å². The smallest absolute Gasteiger partial charge is 0.258 e. The van der Waals surface area contributed by atoms with Gasteiger partial charge in [-0.2, -0.15) is 4.98 Å². The van der Waals surface area contributed by atoms with Crippen molar-refractivity contribution in [2.75, 3.05) is 5.75 Å². The molecule has 3 aromatic rings. The molecular formula is C19H17F2NO5S2. The molecule has 29 heavy (non-hydrogen) atoms. The van der Waals surface area contributed by atoms with Crippen LogP contribution in [0.5, 0.6) is 0 Å². The van der Waals surface area contributed by atoms with Crippen molar-refractivity contribution in [1.82, 2.24) is 4.98 Å². The van der Waals surface area contributed by atoms with Crippen LogP contribution in [-0.2, 0) is 19.7 Å². The minimum atomic E-state index is -4.41. The van der Waals surface area contributed by atoms with E-state index in [1.54, 1.807) is 6.92 Å². The van der Waals surface area contributed by atoms with E-state index in [1.807, 2.05) is 0 Å². The predicted octanol–water partition coefficient (Wildman–Crippen LogP) is 4.03. The summed E-state index contributed by atoms with van der Waals surface area (Å²) in [5.74, 6) is -1.78. The Labute approximate surface area is 167 Å². The summed E-state index contributed by atoms with van der Waals surface area (Å²) < 4.78 is 83.2. The van der Waals surface area contributed by atoms with Gasteiger partial charge in [0, 0.05) is 5.56 Å². The van der Waals surface area contributed by atoms with E-state index in [0.29, 0.717) is 12.8 Å². The normalized spacial score (nSPS) is 12.2. The summed E-state index contributed by atoms with van der Waals surface area (Å²) in [5, 5.41) is -1.56. The second-order valence-corrected chi connectivity index (χ2v) is 10.1. The monoisotopic (exact) mass is 441 g/mol.